The van der Waals surface area contributed by atoms with Gasteiger partial charge in [0.05, 0.1) is 19.2 Å². The van der Waals surface area contributed by atoms with Crippen LogP contribution in [-0.2, 0) is 11.3 Å². The summed E-state index contributed by atoms with van der Waals surface area (Å²) in [7, 11) is 0. The summed E-state index contributed by atoms with van der Waals surface area (Å²) in [5.41, 5.74) is 1.99. The molecule has 1 amide bonds. The lowest BCUT2D eigenvalue weighted by Crippen LogP contribution is -2.55. The fraction of sp³-hybridized carbons (Fsp3) is 0.579. The smallest absolute Gasteiger partial charge is 0.242 e. The van der Waals surface area contributed by atoms with Crippen LogP contribution >= 0.6 is 0 Å². The van der Waals surface area contributed by atoms with Gasteiger partial charge in [-0.3, -0.25) is 4.79 Å². The minimum absolute atomic E-state index is 0.209. The number of aliphatic hydroxyl groups is 1. The zero-order chi connectivity index (χ0) is 17.8. The third-order valence-electron chi connectivity index (χ3n) is 4.75. The highest BCUT2D eigenvalue weighted by Gasteiger charge is 2.36. The Morgan fingerprint density at radius 1 is 1.32 bits per heavy atom. The average molecular weight is 344 g/mol. The third kappa shape index (κ3) is 4.51. The fourth-order valence-corrected chi connectivity index (χ4v) is 3.13. The Labute approximate surface area is 149 Å². The summed E-state index contributed by atoms with van der Waals surface area (Å²) in [5.74, 6) is 1.01. The van der Waals surface area contributed by atoms with Crippen LogP contribution in [0.2, 0.25) is 0 Å². The monoisotopic (exact) mass is 344 g/mol. The van der Waals surface area contributed by atoms with Crippen molar-refractivity contribution in [1.82, 2.24) is 15.1 Å². The second kappa shape index (κ2) is 7.87. The van der Waals surface area contributed by atoms with E-state index in [2.05, 4.69) is 10.2 Å². The Balaban J connectivity index is 1.63. The first-order valence-electron chi connectivity index (χ1n) is 9.18. The van der Waals surface area contributed by atoms with Crippen LogP contribution in [-0.4, -0.2) is 59.0 Å². The van der Waals surface area contributed by atoms with E-state index in [1.165, 1.54) is 0 Å². The van der Waals surface area contributed by atoms with Crippen molar-refractivity contribution in [3.05, 3.63) is 35.4 Å². The Bertz CT molecular complexity index is 623. The molecule has 1 aliphatic carbocycles. The van der Waals surface area contributed by atoms with E-state index >= 15 is 0 Å². The molecule has 1 saturated heterocycles. The number of guanidine groups is 1. The molecule has 0 bridgehead atoms. The van der Waals surface area contributed by atoms with E-state index in [0.717, 1.165) is 49.6 Å². The van der Waals surface area contributed by atoms with Gasteiger partial charge in [-0.2, -0.15) is 0 Å². The van der Waals surface area contributed by atoms with Gasteiger partial charge in [0.2, 0.25) is 5.91 Å². The molecule has 0 radical (unpaired) electrons. The summed E-state index contributed by atoms with van der Waals surface area (Å²) >= 11 is 0. The Morgan fingerprint density at radius 3 is 2.60 bits per heavy atom. The molecule has 3 rings (SSSR count). The van der Waals surface area contributed by atoms with Gasteiger partial charge >= 0.3 is 0 Å². The first-order valence-corrected chi connectivity index (χ1v) is 9.18. The summed E-state index contributed by atoms with van der Waals surface area (Å²) in [6.45, 7) is 7.15. The number of rotatable bonds is 5. The predicted molar refractivity (Wildman–Crippen MR) is 98.2 cm³/mol. The van der Waals surface area contributed by atoms with Crippen LogP contribution in [0.25, 0.3) is 0 Å². The molecule has 25 heavy (non-hydrogen) atoms. The van der Waals surface area contributed by atoms with E-state index in [1.54, 1.807) is 6.92 Å². The van der Waals surface area contributed by atoms with Gasteiger partial charge in [0, 0.05) is 25.7 Å². The van der Waals surface area contributed by atoms with Crippen LogP contribution in [0, 0.1) is 0 Å². The number of aliphatic imine (C=N–C) groups is 1. The minimum atomic E-state index is -0.455. The van der Waals surface area contributed by atoms with Crippen molar-refractivity contribution in [2.45, 2.75) is 45.4 Å². The molecular weight excluding hydrogens is 316 g/mol. The zero-order valence-electron chi connectivity index (χ0n) is 15.1. The molecule has 2 aliphatic rings. The van der Waals surface area contributed by atoms with Gasteiger partial charge in [-0.1, -0.05) is 24.3 Å². The van der Waals surface area contributed by atoms with Crippen LogP contribution < -0.4 is 5.32 Å². The molecule has 136 valence electrons. The van der Waals surface area contributed by atoms with E-state index in [-0.39, 0.29) is 5.91 Å². The van der Waals surface area contributed by atoms with Crippen LogP contribution in [0.4, 0.5) is 0 Å². The highest BCUT2D eigenvalue weighted by molar-refractivity contribution is 5.88. The highest BCUT2D eigenvalue weighted by atomic mass is 16.3. The number of benzene rings is 1. The maximum absolute atomic E-state index is 12.3. The van der Waals surface area contributed by atoms with E-state index in [1.807, 2.05) is 36.1 Å². The Morgan fingerprint density at radius 2 is 2.04 bits per heavy atom. The largest absolute Gasteiger partial charge is 0.389 e. The molecule has 1 aromatic rings. The van der Waals surface area contributed by atoms with Gasteiger partial charge < -0.3 is 20.2 Å². The average Bonchev–Trinajstić information content (AvgIpc) is 3.43. The second-order valence-corrected chi connectivity index (χ2v) is 6.83. The van der Waals surface area contributed by atoms with Crippen molar-refractivity contribution in [3.8, 4) is 0 Å². The van der Waals surface area contributed by atoms with Gasteiger partial charge in [0.15, 0.2) is 5.96 Å². The van der Waals surface area contributed by atoms with Crippen LogP contribution in [0.15, 0.2) is 29.3 Å². The fourth-order valence-electron chi connectivity index (χ4n) is 3.13. The lowest BCUT2D eigenvalue weighted by molar-refractivity contribution is -0.135. The third-order valence-corrected chi connectivity index (χ3v) is 4.75. The SMILES string of the molecule is CCNC(=NCc1ccc(C(C)O)cc1)N1CCN(C2CC2)C(=O)C1. The number of hydrogen-bond acceptors (Lipinski definition) is 3. The number of nitrogens with zero attached hydrogens (tertiary/aromatic N) is 3. The van der Waals surface area contributed by atoms with Gasteiger partial charge in [-0.05, 0) is 37.8 Å². The van der Waals surface area contributed by atoms with Gasteiger partial charge in [-0.15, -0.1) is 0 Å². The molecule has 0 spiro atoms. The standard InChI is InChI=1S/C19H28N4O2/c1-3-20-19(21-12-15-4-6-16(7-5-15)14(2)24)22-10-11-23(17-8-9-17)18(25)13-22/h4-7,14,17,24H,3,8-13H2,1-2H3,(H,20,21). The summed E-state index contributed by atoms with van der Waals surface area (Å²) < 4.78 is 0. The molecule has 2 fully saturated rings. The molecule has 6 nitrogen and oxygen atoms in total. The molecule has 1 atom stereocenters. The predicted octanol–water partition coefficient (Wildman–Crippen LogP) is 1.51. The van der Waals surface area contributed by atoms with E-state index < -0.39 is 6.10 Å². The minimum Gasteiger partial charge on any atom is -0.389 e. The lowest BCUT2D eigenvalue weighted by atomic mass is 10.1. The topological polar surface area (TPSA) is 68.2 Å². The summed E-state index contributed by atoms with van der Waals surface area (Å²) in [5, 5.41) is 12.9. The van der Waals surface area contributed by atoms with Crippen LogP contribution in [0.5, 0.6) is 0 Å². The van der Waals surface area contributed by atoms with E-state index in [4.69, 9.17) is 4.99 Å². The second-order valence-electron chi connectivity index (χ2n) is 6.83. The number of carbonyl (C=O) groups excluding carboxylic acids is 1. The normalized spacial score (nSPS) is 20.0. The lowest BCUT2D eigenvalue weighted by Gasteiger charge is -2.36. The number of amides is 1. The first-order chi connectivity index (χ1) is 12.1. The number of hydrogen-bond donors (Lipinski definition) is 2. The van der Waals surface area contributed by atoms with Gasteiger partial charge in [-0.25, -0.2) is 4.99 Å². The highest BCUT2D eigenvalue weighted by Crippen LogP contribution is 2.28. The van der Waals surface area contributed by atoms with Crippen molar-refractivity contribution in [2.24, 2.45) is 4.99 Å². The van der Waals surface area contributed by atoms with Crippen molar-refractivity contribution < 1.29 is 9.90 Å². The quantitative estimate of drug-likeness (QED) is 0.628. The molecule has 0 aromatic heterocycles. The summed E-state index contributed by atoms with van der Waals surface area (Å²) in [6.07, 6.45) is 1.86. The molecule has 2 N–H and O–H groups in total. The van der Waals surface area contributed by atoms with Crippen molar-refractivity contribution in [2.75, 3.05) is 26.2 Å². The molecule has 1 aromatic carbocycles. The number of carbonyl (C=O) groups is 1. The van der Waals surface area contributed by atoms with E-state index in [9.17, 15) is 9.90 Å². The number of nitrogens with one attached hydrogen (secondary N) is 1. The zero-order valence-corrected chi connectivity index (χ0v) is 15.1. The maximum Gasteiger partial charge on any atom is 0.242 e. The number of aliphatic hydroxyl groups excluding tert-OH is 1. The van der Waals surface area contributed by atoms with Crippen molar-refractivity contribution >= 4 is 11.9 Å². The molecule has 1 unspecified atom stereocenters. The van der Waals surface area contributed by atoms with Crippen LogP contribution in [0.1, 0.15) is 43.9 Å². The van der Waals surface area contributed by atoms with Crippen LogP contribution in [0.3, 0.4) is 0 Å². The van der Waals surface area contributed by atoms with E-state index in [0.29, 0.717) is 19.1 Å². The molecular formula is C19H28N4O2. The summed E-state index contributed by atoms with van der Waals surface area (Å²) in [6, 6.07) is 8.33. The number of piperazine rings is 1. The Kier molecular flexibility index (Phi) is 5.58. The molecule has 1 saturated carbocycles. The molecule has 1 aliphatic heterocycles. The Hall–Kier alpha value is -2.08. The van der Waals surface area contributed by atoms with Crippen molar-refractivity contribution in [1.29, 1.82) is 0 Å². The van der Waals surface area contributed by atoms with Gasteiger partial charge in [0.1, 0.15) is 0 Å². The maximum atomic E-state index is 12.3. The molecule has 1 heterocycles. The molecule has 6 heteroatoms. The first kappa shape index (κ1) is 17.7. The van der Waals surface area contributed by atoms with Crippen molar-refractivity contribution in [3.63, 3.8) is 0 Å². The van der Waals surface area contributed by atoms with Gasteiger partial charge in [0.25, 0.3) is 0 Å². The summed E-state index contributed by atoms with van der Waals surface area (Å²) in [4.78, 5) is 21.1.